The van der Waals surface area contributed by atoms with Gasteiger partial charge in [0, 0.05) is 31.4 Å². The average molecular weight is 309 g/mol. The molecule has 3 rings (SSSR count). The Morgan fingerprint density at radius 3 is 2.95 bits per heavy atom. The molecule has 1 saturated carbocycles. The molecule has 1 amide bonds. The molecule has 0 spiro atoms. The van der Waals surface area contributed by atoms with Crippen molar-refractivity contribution in [3.05, 3.63) is 16.6 Å². The third-order valence-corrected chi connectivity index (χ3v) is 5.22. The molecule has 21 heavy (non-hydrogen) atoms. The standard InChI is InChI=1S/C15H23N3O2S/c19-14-8-18(7-12-9-21-10-16-12)5-4-13(14)17-15(20)6-11-2-1-3-11/h9-11,13-14,19H,1-8H2,(H,17,20). The third kappa shape index (κ3) is 4.02. The van der Waals surface area contributed by atoms with E-state index in [2.05, 4.69) is 15.2 Å². The van der Waals surface area contributed by atoms with Crippen LogP contribution in [0.15, 0.2) is 10.9 Å². The second kappa shape index (κ2) is 6.85. The maximum absolute atomic E-state index is 12.0. The van der Waals surface area contributed by atoms with Gasteiger partial charge in [-0.25, -0.2) is 4.98 Å². The Morgan fingerprint density at radius 2 is 2.33 bits per heavy atom. The Balaban J connectivity index is 1.43. The van der Waals surface area contributed by atoms with Gasteiger partial charge in [0.25, 0.3) is 0 Å². The molecular weight excluding hydrogens is 286 g/mol. The zero-order chi connectivity index (χ0) is 14.7. The number of rotatable bonds is 5. The molecule has 1 aliphatic carbocycles. The zero-order valence-corrected chi connectivity index (χ0v) is 13.0. The van der Waals surface area contributed by atoms with Crippen molar-refractivity contribution in [3.63, 3.8) is 0 Å². The lowest BCUT2D eigenvalue weighted by atomic mass is 9.82. The van der Waals surface area contributed by atoms with Gasteiger partial charge in [-0.1, -0.05) is 6.42 Å². The van der Waals surface area contributed by atoms with Crippen molar-refractivity contribution < 1.29 is 9.90 Å². The van der Waals surface area contributed by atoms with Crippen LogP contribution in [0.5, 0.6) is 0 Å². The molecule has 2 atom stereocenters. The maximum atomic E-state index is 12.0. The van der Waals surface area contributed by atoms with Gasteiger partial charge in [-0.2, -0.15) is 0 Å². The highest BCUT2D eigenvalue weighted by Gasteiger charge is 2.30. The number of amides is 1. The van der Waals surface area contributed by atoms with E-state index in [1.165, 1.54) is 19.3 Å². The van der Waals surface area contributed by atoms with E-state index in [1.807, 2.05) is 10.9 Å². The summed E-state index contributed by atoms with van der Waals surface area (Å²) in [4.78, 5) is 18.4. The van der Waals surface area contributed by atoms with E-state index in [9.17, 15) is 9.90 Å². The number of carbonyl (C=O) groups is 1. The van der Waals surface area contributed by atoms with Crippen molar-refractivity contribution in [1.29, 1.82) is 0 Å². The van der Waals surface area contributed by atoms with Gasteiger partial charge in [0.15, 0.2) is 0 Å². The van der Waals surface area contributed by atoms with Crippen molar-refractivity contribution in [1.82, 2.24) is 15.2 Å². The first-order chi connectivity index (χ1) is 10.2. The van der Waals surface area contributed by atoms with Crippen LogP contribution in [0.4, 0.5) is 0 Å². The summed E-state index contributed by atoms with van der Waals surface area (Å²) in [5.74, 6) is 0.684. The second-order valence-electron chi connectivity index (χ2n) is 6.25. The van der Waals surface area contributed by atoms with Gasteiger partial charge in [-0.05, 0) is 25.2 Å². The molecule has 2 N–H and O–H groups in total. The molecule has 2 fully saturated rings. The number of aliphatic hydroxyl groups is 1. The molecule has 0 aromatic carbocycles. The summed E-state index contributed by atoms with van der Waals surface area (Å²) in [6.07, 6.45) is 4.58. The van der Waals surface area contributed by atoms with Crippen LogP contribution >= 0.6 is 11.3 Å². The number of aliphatic hydroxyl groups excluding tert-OH is 1. The Kier molecular flexibility index (Phi) is 4.87. The molecule has 0 bridgehead atoms. The topological polar surface area (TPSA) is 65.5 Å². The van der Waals surface area contributed by atoms with E-state index >= 15 is 0 Å². The van der Waals surface area contributed by atoms with E-state index < -0.39 is 6.10 Å². The van der Waals surface area contributed by atoms with Crippen molar-refractivity contribution in [2.75, 3.05) is 13.1 Å². The highest BCUT2D eigenvalue weighted by molar-refractivity contribution is 7.07. The molecule has 1 aromatic rings. The summed E-state index contributed by atoms with van der Waals surface area (Å²) in [6.45, 7) is 2.28. The predicted molar refractivity (Wildman–Crippen MR) is 81.9 cm³/mol. The molecule has 1 aromatic heterocycles. The van der Waals surface area contributed by atoms with Crippen molar-refractivity contribution in [3.8, 4) is 0 Å². The van der Waals surface area contributed by atoms with E-state index in [0.29, 0.717) is 18.9 Å². The summed E-state index contributed by atoms with van der Waals surface area (Å²) in [5.41, 5.74) is 2.89. The van der Waals surface area contributed by atoms with Crippen LogP contribution in [0.25, 0.3) is 0 Å². The molecule has 1 aliphatic heterocycles. The smallest absolute Gasteiger partial charge is 0.220 e. The Morgan fingerprint density at radius 1 is 1.48 bits per heavy atom. The van der Waals surface area contributed by atoms with Crippen LogP contribution in [-0.2, 0) is 11.3 Å². The van der Waals surface area contributed by atoms with Crippen LogP contribution in [0.2, 0.25) is 0 Å². The largest absolute Gasteiger partial charge is 0.390 e. The molecule has 2 heterocycles. The van der Waals surface area contributed by atoms with E-state index in [-0.39, 0.29) is 11.9 Å². The van der Waals surface area contributed by atoms with Gasteiger partial charge in [0.1, 0.15) is 0 Å². The van der Waals surface area contributed by atoms with Crippen LogP contribution < -0.4 is 5.32 Å². The van der Waals surface area contributed by atoms with Gasteiger partial charge in [0.2, 0.25) is 5.91 Å². The lowest BCUT2D eigenvalue weighted by Crippen LogP contribution is -2.54. The fourth-order valence-electron chi connectivity index (χ4n) is 3.08. The number of carbonyl (C=O) groups excluding carboxylic acids is 1. The lowest BCUT2D eigenvalue weighted by Gasteiger charge is -2.36. The number of thiazole rings is 1. The molecule has 1 saturated heterocycles. The van der Waals surface area contributed by atoms with Gasteiger partial charge >= 0.3 is 0 Å². The molecule has 116 valence electrons. The molecule has 2 aliphatic rings. The Bertz CT molecular complexity index is 461. The van der Waals surface area contributed by atoms with Gasteiger partial charge in [-0.15, -0.1) is 11.3 Å². The number of β-amino-alcohol motifs (C(OH)–C–C–N with tert-alkyl or cyclic N) is 1. The van der Waals surface area contributed by atoms with Crippen molar-refractivity contribution >= 4 is 17.2 Å². The number of aromatic nitrogens is 1. The minimum Gasteiger partial charge on any atom is -0.390 e. The van der Waals surface area contributed by atoms with Gasteiger partial charge in [-0.3, -0.25) is 9.69 Å². The number of likely N-dealkylation sites (tertiary alicyclic amines) is 1. The second-order valence-corrected chi connectivity index (χ2v) is 6.96. The van der Waals surface area contributed by atoms with E-state index in [4.69, 9.17) is 0 Å². The van der Waals surface area contributed by atoms with E-state index in [1.54, 1.807) is 11.3 Å². The fraction of sp³-hybridized carbons (Fsp3) is 0.733. The highest BCUT2D eigenvalue weighted by Crippen LogP contribution is 2.29. The minimum atomic E-state index is -0.484. The summed E-state index contributed by atoms with van der Waals surface area (Å²) in [7, 11) is 0. The number of hydrogen-bond acceptors (Lipinski definition) is 5. The average Bonchev–Trinajstić information content (AvgIpc) is 2.90. The first kappa shape index (κ1) is 14.9. The van der Waals surface area contributed by atoms with Gasteiger partial charge in [0.05, 0.1) is 23.4 Å². The van der Waals surface area contributed by atoms with Gasteiger partial charge < -0.3 is 10.4 Å². The van der Waals surface area contributed by atoms with E-state index in [0.717, 1.165) is 25.2 Å². The summed E-state index contributed by atoms with van der Waals surface area (Å²) in [5, 5.41) is 15.3. The van der Waals surface area contributed by atoms with Crippen LogP contribution in [0, 0.1) is 5.92 Å². The first-order valence-corrected chi connectivity index (χ1v) is 8.72. The summed E-state index contributed by atoms with van der Waals surface area (Å²) >= 11 is 1.59. The maximum Gasteiger partial charge on any atom is 0.220 e. The van der Waals surface area contributed by atoms with Crippen molar-refractivity contribution in [2.45, 2.75) is 50.8 Å². The normalized spacial score (nSPS) is 27.3. The van der Waals surface area contributed by atoms with Crippen LogP contribution in [0.3, 0.4) is 0 Å². The highest BCUT2D eigenvalue weighted by atomic mass is 32.1. The SMILES string of the molecule is O=C(CC1CCC1)NC1CCN(Cc2cscn2)CC1O. The zero-order valence-electron chi connectivity index (χ0n) is 12.2. The molecule has 0 radical (unpaired) electrons. The number of nitrogens with zero attached hydrogens (tertiary/aromatic N) is 2. The summed E-state index contributed by atoms with van der Waals surface area (Å²) in [6, 6.07) is -0.0933. The molecule has 2 unspecified atom stereocenters. The number of piperidine rings is 1. The first-order valence-electron chi connectivity index (χ1n) is 7.77. The third-order valence-electron chi connectivity index (χ3n) is 4.58. The Hall–Kier alpha value is -0.980. The number of hydrogen-bond donors (Lipinski definition) is 2. The molecule has 6 heteroatoms. The van der Waals surface area contributed by atoms with Crippen LogP contribution in [0.1, 0.15) is 37.8 Å². The predicted octanol–water partition coefficient (Wildman–Crippen LogP) is 1.38. The van der Waals surface area contributed by atoms with Crippen LogP contribution in [-0.4, -0.2) is 46.1 Å². The molecular formula is C15H23N3O2S. The number of nitrogens with one attached hydrogen (secondary N) is 1. The van der Waals surface area contributed by atoms with Crippen molar-refractivity contribution in [2.24, 2.45) is 5.92 Å². The summed E-state index contributed by atoms with van der Waals surface area (Å²) < 4.78 is 0. The quantitative estimate of drug-likeness (QED) is 0.862. The minimum absolute atomic E-state index is 0.0933. The monoisotopic (exact) mass is 309 g/mol. The molecule has 5 nitrogen and oxygen atoms in total. The lowest BCUT2D eigenvalue weighted by molar-refractivity contribution is -0.124. The fourth-order valence-corrected chi connectivity index (χ4v) is 3.63. The Labute approximate surface area is 129 Å².